The molecule has 0 amide bonds. The number of benzene rings is 1. The predicted octanol–water partition coefficient (Wildman–Crippen LogP) is 1.37. The van der Waals surface area contributed by atoms with E-state index in [0.717, 1.165) is 5.69 Å². The summed E-state index contributed by atoms with van der Waals surface area (Å²) in [6.45, 7) is 4.31. The van der Waals surface area contributed by atoms with Crippen molar-refractivity contribution < 1.29 is 0 Å². The molecular formula is C10H13N5. The Hall–Kier alpha value is -1.91. The van der Waals surface area contributed by atoms with Gasteiger partial charge in [-0.1, -0.05) is 31.1 Å². The summed E-state index contributed by atoms with van der Waals surface area (Å²) in [4.78, 5) is 0. The van der Waals surface area contributed by atoms with Crippen LogP contribution in [0.25, 0.3) is 5.69 Å². The zero-order chi connectivity index (χ0) is 10.8. The molecule has 0 spiro atoms. The normalized spacial score (nSPS) is 10.9. The molecule has 1 aromatic heterocycles. The first-order valence-corrected chi connectivity index (χ1v) is 4.82. The van der Waals surface area contributed by atoms with Gasteiger partial charge in [-0.15, -0.1) is 0 Å². The standard InChI is InChI=1S/C10H13N5/c1-7(2)8-3-5-9(6-4-8)15-10(11)12-13-14-15/h3-7H,1-2H3,(H2,11,12,14). The van der Waals surface area contributed by atoms with Crippen molar-refractivity contribution in [3.63, 3.8) is 0 Å². The first kappa shape index (κ1) is 9.64. The fraction of sp³-hybridized carbons (Fsp3) is 0.300. The first-order valence-electron chi connectivity index (χ1n) is 4.82. The molecule has 0 saturated carbocycles. The summed E-state index contributed by atoms with van der Waals surface area (Å²) in [5, 5.41) is 10.9. The number of nitrogens with zero attached hydrogens (tertiary/aromatic N) is 4. The summed E-state index contributed by atoms with van der Waals surface area (Å²) in [5.41, 5.74) is 7.76. The maximum atomic E-state index is 5.60. The number of hydrogen-bond acceptors (Lipinski definition) is 4. The third-order valence-corrected chi connectivity index (χ3v) is 2.30. The average Bonchev–Trinajstić information content (AvgIpc) is 2.65. The fourth-order valence-corrected chi connectivity index (χ4v) is 1.38. The van der Waals surface area contributed by atoms with Gasteiger partial charge in [0.15, 0.2) is 0 Å². The van der Waals surface area contributed by atoms with E-state index in [4.69, 9.17) is 5.73 Å². The van der Waals surface area contributed by atoms with Gasteiger partial charge in [-0.05, 0) is 34.0 Å². The maximum Gasteiger partial charge on any atom is 0.245 e. The van der Waals surface area contributed by atoms with Crippen molar-refractivity contribution in [2.24, 2.45) is 0 Å². The second kappa shape index (κ2) is 3.68. The number of rotatable bonds is 2. The Morgan fingerprint density at radius 2 is 1.87 bits per heavy atom. The van der Waals surface area contributed by atoms with Crippen LogP contribution in [0.15, 0.2) is 24.3 Å². The van der Waals surface area contributed by atoms with E-state index < -0.39 is 0 Å². The minimum absolute atomic E-state index is 0.298. The third-order valence-electron chi connectivity index (χ3n) is 2.30. The fourth-order valence-electron chi connectivity index (χ4n) is 1.38. The quantitative estimate of drug-likeness (QED) is 0.800. The molecule has 0 aliphatic rings. The van der Waals surface area contributed by atoms with Crippen molar-refractivity contribution in [1.82, 2.24) is 20.2 Å². The minimum Gasteiger partial charge on any atom is -0.366 e. The molecule has 1 heterocycles. The summed E-state index contributed by atoms with van der Waals surface area (Å²) < 4.78 is 1.50. The Morgan fingerprint density at radius 3 is 2.33 bits per heavy atom. The Labute approximate surface area is 87.9 Å². The van der Waals surface area contributed by atoms with Crippen molar-refractivity contribution in [1.29, 1.82) is 0 Å². The largest absolute Gasteiger partial charge is 0.366 e. The van der Waals surface area contributed by atoms with Gasteiger partial charge in [0.25, 0.3) is 0 Å². The maximum absolute atomic E-state index is 5.60. The second-order valence-corrected chi connectivity index (χ2v) is 3.70. The molecule has 2 N–H and O–H groups in total. The molecule has 78 valence electrons. The lowest BCUT2D eigenvalue weighted by Gasteiger charge is -2.06. The number of nitrogens with two attached hydrogens (primary N) is 1. The Balaban J connectivity index is 2.36. The SMILES string of the molecule is CC(C)c1ccc(-n2nnnc2N)cc1. The van der Waals surface area contributed by atoms with Gasteiger partial charge < -0.3 is 5.73 Å². The van der Waals surface area contributed by atoms with E-state index in [0.29, 0.717) is 11.9 Å². The van der Waals surface area contributed by atoms with Crippen LogP contribution in [0.3, 0.4) is 0 Å². The van der Waals surface area contributed by atoms with Crippen molar-refractivity contribution in [3.05, 3.63) is 29.8 Å². The molecular weight excluding hydrogens is 190 g/mol. The Kier molecular flexibility index (Phi) is 2.37. The molecule has 15 heavy (non-hydrogen) atoms. The monoisotopic (exact) mass is 203 g/mol. The molecule has 0 unspecified atom stereocenters. The molecule has 0 saturated heterocycles. The van der Waals surface area contributed by atoms with E-state index in [1.807, 2.05) is 12.1 Å². The van der Waals surface area contributed by atoms with Crippen molar-refractivity contribution in [2.45, 2.75) is 19.8 Å². The lowest BCUT2D eigenvalue weighted by Crippen LogP contribution is -2.02. The van der Waals surface area contributed by atoms with E-state index in [1.54, 1.807) is 0 Å². The Morgan fingerprint density at radius 1 is 1.20 bits per heavy atom. The molecule has 0 fully saturated rings. The van der Waals surface area contributed by atoms with E-state index in [-0.39, 0.29) is 0 Å². The van der Waals surface area contributed by atoms with Crippen LogP contribution in [0, 0.1) is 0 Å². The van der Waals surface area contributed by atoms with Gasteiger partial charge in [0.1, 0.15) is 0 Å². The molecule has 5 nitrogen and oxygen atoms in total. The van der Waals surface area contributed by atoms with Crippen LogP contribution in [-0.2, 0) is 0 Å². The zero-order valence-electron chi connectivity index (χ0n) is 8.75. The van der Waals surface area contributed by atoms with E-state index in [2.05, 4.69) is 41.5 Å². The van der Waals surface area contributed by atoms with Crippen molar-refractivity contribution >= 4 is 5.95 Å². The van der Waals surface area contributed by atoms with Crippen LogP contribution < -0.4 is 5.73 Å². The van der Waals surface area contributed by atoms with Gasteiger partial charge in [0.2, 0.25) is 5.95 Å². The smallest absolute Gasteiger partial charge is 0.245 e. The average molecular weight is 203 g/mol. The molecule has 0 radical (unpaired) electrons. The van der Waals surface area contributed by atoms with Crippen LogP contribution in [0.2, 0.25) is 0 Å². The van der Waals surface area contributed by atoms with Crippen LogP contribution in [0.4, 0.5) is 5.95 Å². The molecule has 2 rings (SSSR count). The summed E-state index contributed by atoms with van der Waals surface area (Å²) in [6, 6.07) is 8.03. The van der Waals surface area contributed by atoms with E-state index in [1.165, 1.54) is 10.2 Å². The van der Waals surface area contributed by atoms with Crippen LogP contribution in [0.5, 0.6) is 0 Å². The number of nitrogen functional groups attached to an aromatic ring is 1. The van der Waals surface area contributed by atoms with Crippen LogP contribution in [0.1, 0.15) is 25.3 Å². The lowest BCUT2D eigenvalue weighted by atomic mass is 10.0. The van der Waals surface area contributed by atoms with Gasteiger partial charge in [-0.3, -0.25) is 0 Å². The van der Waals surface area contributed by atoms with Gasteiger partial charge in [0, 0.05) is 0 Å². The number of tetrazole rings is 1. The number of aromatic nitrogens is 4. The number of anilines is 1. The van der Waals surface area contributed by atoms with Gasteiger partial charge in [-0.25, -0.2) is 0 Å². The van der Waals surface area contributed by atoms with Crippen molar-refractivity contribution in [2.75, 3.05) is 5.73 Å². The summed E-state index contributed by atoms with van der Waals surface area (Å²) in [5.74, 6) is 0.817. The molecule has 0 atom stereocenters. The van der Waals surface area contributed by atoms with Gasteiger partial charge >= 0.3 is 0 Å². The first-order chi connectivity index (χ1) is 7.18. The van der Waals surface area contributed by atoms with Gasteiger partial charge in [-0.2, -0.15) is 4.68 Å². The van der Waals surface area contributed by atoms with Gasteiger partial charge in [0.05, 0.1) is 5.69 Å². The highest BCUT2D eigenvalue weighted by molar-refractivity contribution is 5.38. The molecule has 0 aliphatic carbocycles. The lowest BCUT2D eigenvalue weighted by molar-refractivity contribution is 0.790. The third kappa shape index (κ3) is 1.81. The van der Waals surface area contributed by atoms with E-state index >= 15 is 0 Å². The predicted molar refractivity (Wildman–Crippen MR) is 57.7 cm³/mol. The van der Waals surface area contributed by atoms with Crippen LogP contribution >= 0.6 is 0 Å². The Bertz CT molecular complexity index is 443. The minimum atomic E-state index is 0.298. The zero-order valence-corrected chi connectivity index (χ0v) is 8.75. The highest BCUT2D eigenvalue weighted by atomic mass is 15.6. The highest BCUT2D eigenvalue weighted by Crippen LogP contribution is 2.16. The summed E-state index contributed by atoms with van der Waals surface area (Å²) in [7, 11) is 0. The highest BCUT2D eigenvalue weighted by Gasteiger charge is 2.04. The summed E-state index contributed by atoms with van der Waals surface area (Å²) >= 11 is 0. The molecule has 2 aromatic rings. The topological polar surface area (TPSA) is 69.6 Å². The van der Waals surface area contributed by atoms with E-state index in [9.17, 15) is 0 Å². The summed E-state index contributed by atoms with van der Waals surface area (Å²) in [6.07, 6.45) is 0. The van der Waals surface area contributed by atoms with Crippen LogP contribution in [-0.4, -0.2) is 20.2 Å². The van der Waals surface area contributed by atoms with Crippen molar-refractivity contribution in [3.8, 4) is 5.69 Å². The molecule has 0 aliphatic heterocycles. The second-order valence-electron chi connectivity index (χ2n) is 3.70. The number of hydrogen-bond donors (Lipinski definition) is 1. The molecule has 5 heteroatoms. The molecule has 0 bridgehead atoms. The molecule has 1 aromatic carbocycles.